The summed E-state index contributed by atoms with van der Waals surface area (Å²) in [5.41, 5.74) is 0.163. The standard InChI is InChI=1S/C17H24Cl2N2O3S/c1-10(2)20-25(23,24)16-6-13(14(18)7-15(16)19)17(22)21-8-11(3)5-12(4)9-21/h6-7,10-12,20H,5,8-9H2,1-4H3. The van der Waals surface area contributed by atoms with Gasteiger partial charge in [0.2, 0.25) is 10.0 Å². The Morgan fingerprint density at radius 2 is 1.72 bits per heavy atom. The zero-order valence-corrected chi connectivity index (χ0v) is 17.2. The van der Waals surface area contributed by atoms with Crippen molar-refractivity contribution in [2.75, 3.05) is 13.1 Å². The minimum absolute atomic E-state index is 0.00456. The quantitative estimate of drug-likeness (QED) is 0.826. The van der Waals surface area contributed by atoms with Crippen molar-refractivity contribution in [3.63, 3.8) is 0 Å². The van der Waals surface area contributed by atoms with Crippen molar-refractivity contribution in [2.24, 2.45) is 11.8 Å². The average Bonchev–Trinajstić information content (AvgIpc) is 2.43. The summed E-state index contributed by atoms with van der Waals surface area (Å²) in [5.74, 6) is 0.523. The molecule has 2 unspecified atom stereocenters. The number of hydrogen-bond donors (Lipinski definition) is 1. The number of sulfonamides is 1. The van der Waals surface area contributed by atoms with Crippen LogP contribution in [0.4, 0.5) is 0 Å². The predicted molar refractivity (Wildman–Crippen MR) is 101 cm³/mol. The molecule has 1 N–H and O–H groups in total. The van der Waals surface area contributed by atoms with Crippen LogP contribution in [0.15, 0.2) is 17.0 Å². The predicted octanol–water partition coefficient (Wildman–Crippen LogP) is 3.80. The molecule has 5 nitrogen and oxygen atoms in total. The summed E-state index contributed by atoms with van der Waals surface area (Å²) in [6.45, 7) is 8.89. The first-order valence-corrected chi connectivity index (χ1v) is 10.6. The second kappa shape index (κ2) is 7.82. The summed E-state index contributed by atoms with van der Waals surface area (Å²) >= 11 is 12.3. The molecule has 1 amide bonds. The molecule has 0 bridgehead atoms. The highest BCUT2D eigenvalue weighted by atomic mass is 35.5. The molecular weight excluding hydrogens is 383 g/mol. The van der Waals surface area contributed by atoms with Crippen molar-refractivity contribution in [3.8, 4) is 0 Å². The molecular formula is C17H24Cl2N2O3S. The Kier molecular flexibility index (Phi) is 6.41. The molecule has 0 radical (unpaired) electrons. The number of carbonyl (C=O) groups is 1. The number of nitrogens with one attached hydrogen (secondary N) is 1. The molecule has 0 aromatic heterocycles. The smallest absolute Gasteiger partial charge is 0.255 e. The van der Waals surface area contributed by atoms with Crippen LogP contribution in [0.1, 0.15) is 44.5 Å². The number of likely N-dealkylation sites (tertiary alicyclic amines) is 1. The van der Waals surface area contributed by atoms with Gasteiger partial charge in [0.1, 0.15) is 4.90 Å². The van der Waals surface area contributed by atoms with Crippen LogP contribution in [0.5, 0.6) is 0 Å². The average molecular weight is 407 g/mol. The minimum atomic E-state index is -3.83. The van der Waals surface area contributed by atoms with E-state index in [0.717, 1.165) is 6.42 Å². The lowest BCUT2D eigenvalue weighted by Gasteiger charge is -2.35. The summed E-state index contributed by atoms with van der Waals surface area (Å²) in [6.07, 6.45) is 1.07. The lowest BCUT2D eigenvalue weighted by molar-refractivity contribution is 0.0623. The Morgan fingerprint density at radius 3 is 2.24 bits per heavy atom. The van der Waals surface area contributed by atoms with Gasteiger partial charge in [-0.2, -0.15) is 0 Å². The maximum absolute atomic E-state index is 12.9. The lowest BCUT2D eigenvalue weighted by Crippen LogP contribution is -2.42. The highest BCUT2D eigenvalue weighted by Gasteiger charge is 2.29. The monoisotopic (exact) mass is 406 g/mol. The van der Waals surface area contributed by atoms with E-state index in [0.29, 0.717) is 24.9 Å². The van der Waals surface area contributed by atoms with E-state index in [1.54, 1.807) is 18.7 Å². The van der Waals surface area contributed by atoms with Gasteiger partial charge in [-0.05, 0) is 44.2 Å². The van der Waals surface area contributed by atoms with E-state index >= 15 is 0 Å². The van der Waals surface area contributed by atoms with E-state index in [2.05, 4.69) is 18.6 Å². The van der Waals surface area contributed by atoms with Gasteiger partial charge in [0, 0.05) is 19.1 Å². The number of amides is 1. The molecule has 1 heterocycles. The Labute approximate surface area is 159 Å². The molecule has 2 rings (SSSR count). The Hall–Kier alpha value is -0.820. The van der Waals surface area contributed by atoms with Crippen LogP contribution >= 0.6 is 23.2 Å². The van der Waals surface area contributed by atoms with E-state index in [-0.39, 0.29) is 32.5 Å². The van der Waals surface area contributed by atoms with Gasteiger partial charge in [-0.15, -0.1) is 0 Å². The molecule has 2 atom stereocenters. The first-order chi connectivity index (χ1) is 11.5. The fraction of sp³-hybridized carbons (Fsp3) is 0.588. The summed E-state index contributed by atoms with van der Waals surface area (Å²) in [5, 5.41) is 0.152. The van der Waals surface area contributed by atoms with Gasteiger partial charge in [0.05, 0.1) is 15.6 Å². The fourth-order valence-electron chi connectivity index (χ4n) is 3.27. The minimum Gasteiger partial charge on any atom is -0.338 e. The van der Waals surface area contributed by atoms with Crippen molar-refractivity contribution >= 4 is 39.1 Å². The molecule has 1 aliphatic rings. The van der Waals surface area contributed by atoms with Crippen LogP contribution in [0.25, 0.3) is 0 Å². The van der Waals surface area contributed by atoms with Crippen molar-refractivity contribution in [1.82, 2.24) is 9.62 Å². The first-order valence-electron chi connectivity index (χ1n) is 8.32. The third kappa shape index (κ3) is 4.88. The normalized spacial score (nSPS) is 21.6. The van der Waals surface area contributed by atoms with E-state index in [1.807, 2.05) is 0 Å². The highest BCUT2D eigenvalue weighted by molar-refractivity contribution is 7.89. The number of halogens is 2. The van der Waals surface area contributed by atoms with Crippen molar-refractivity contribution in [3.05, 3.63) is 27.7 Å². The van der Waals surface area contributed by atoms with E-state index < -0.39 is 10.0 Å². The van der Waals surface area contributed by atoms with Gasteiger partial charge < -0.3 is 4.90 Å². The van der Waals surface area contributed by atoms with Crippen LogP contribution in [-0.2, 0) is 10.0 Å². The summed E-state index contributed by atoms with van der Waals surface area (Å²) in [7, 11) is -3.83. The van der Waals surface area contributed by atoms with Crippen LogP contribution < -0.4 is 4.72 Å². The van der Waals surface area contributed by atoms with Crippen molar-refractivity contribution < 1.29 is 13.2 Å². The molecule has 1 aromatic rings. The molecule has 1 aromatic carbocycles. The van der Waals surface area contributed by atoms with Crippen LogP contribution in [0, 0.1) is 11.8 Å². The number of nitrogens with zero attached hydrogens (tertiary/aromatic N) is 1. The molecule has 0 aliphatic carbocycles. The molecule has 8 heteroatoms. The lowest BCUT2D eigenvalue weighted by atomic mass is 9.91. The Bertz CT molecular complexity index is 755. The van der Waals surface area contributed by atoms with Gasteiger partial charge >= 0.3 is 0 Å². The highest BCUT2D eigenvalue weighted by Crippen LogP contribution is 2.31. The SMILES string of the molecule is CC1CC(C)CN(C(=O)c2cc(S(=O)(=O)NC(C)C)c(Cl)cc2Cl)C1. The summed E-state index contributed by atoms with van der Waals surface area (Å²) in [4.78, 5) is 14.5. The summed E-state index contributed by atoms with van der Waals surface area (Å²) in [6, 6.07) is 2.31. The first kappa shape index (κ1) is 20.5. The number of rotatable bonds is 4. The molecule has 1 saturated heterocycles. The Morgan fingerprint density at radius 1 is 1.16 bits per heavy atom. The second-order valence-corrected chi connectivity index (χ2v) is 9.69. The van der Waals surface area contributed by atoms with Crippen LogP contribution in [0.3, 0.4) is 0 Å². The third-order valence-corrected chi connectivity index (χ3v) is 6.52. The third-order valence-electron chi connectivity index (χ3n) is 4.09. The van der Waals surface area contributed by atoms with Gasteiger partial charge in [-0.25, -0.2) is 13.1 Å². The second-order valence-electron chi connectivity index (χ2n) is 7.19. The van der Waals surface area contributed by atoms with Crippen LogP contribution in [-0.4, -0.2) is 38.4 Å². The molecule has 0 spiro atoms. The van der Waals surface area contributed by atoms with Crippen molar-refractivity contribution in [1.29, 1.82) is 0 Å². The van der Waals surface area contributed by atoms with E-state index in [1.165, 1.54) is 12.1 Å². The topological polar surface area (TPSA) is 66.5 Å². The molecule has 140 valence electrons. The van der Waals surface area contributed by atoms with Gasteiger partial charge in [-0.3, -0.25) is 4.79 Å². The molecule has 1 aliphatic heterocycles. The van der Waals surface area contributed by atoms with Crippen LogP contribution in [0.2, 0.25) is 10.0 Å². The number of benzene rings is 1. The number of hydrogen-bond acceptors (Lipinski definition) is 3. The summed E-state index contributed by atoms with van der Waals surface area (Å²) < 4.78 is 27.4. The number of carbonyl (C=O) groups excluding carboxylic acids is 1. The largest absolute Gasteiger partial charge is 0.338 e. The maximum atomic E-state index is 12.9. The zero-order valence-electron chi connectivity index (χ0n) is 14.8. The fourth-order valence-corrected chi connectivity index (χ4v) is 5.38. The number of piperidine rings is 1. The van der Waals surface area contributed by atoms with E-state index in [4.69, 9.17) is 23.2 Å². The molecule has 25 heavy (non-hydrogen) atoms. The van der Waals surface area contributed by atoms with Gasteiger partial charge in [-0.1, -0.05) is 37.0 Å². The molecule has 1 fully saturated rings. The van der Waals surface area contributed by atoms with Gasteiger partial charge in [0.25, 0.3) is 5.91 Å². The molecule has 0 saturated carbocycles. The van der Waals surface area contributed by atoms with E-state index in [9.17, 15) is 13.2 Å². The van der Waals surface area contributed by atoms with Gasteiger partial charge in [0.15, 0.2) is 0 Å². The van der Waals surface area contributed by atoms with Crippen molar-refractivity contribution in [2.45, 2.75) is 45.1 Å². The zero-order chi connectivity index (χ0) is 18.9. The maximum Gasteiger partial charge on any atom is 0.255 e. The Balaban J connectivity index is 2.42.